The lowest BCUT2D eigenvalue weighted by atomic mass is 10.3. The largest absolute Gasteiger partial charge is 0.307 e. The second-order valence-corrected chi connectivity index (χ2v) is 8.20. The average molecular weight is 327 g/mol. The highest BCUT2D eigenvalue weighted by Gasteiger charge is 2.27. The van der Waals surface area contributed by atoms with E-state index in [9.17, 15) is 13.2 Å². The summed E-state index contributed by atoms with van der Waals surface area (Å²) in [6.07, 6.45) is 0. The summed E-state index contributed by atoms with van der Waals surface area (Å²) < 4.78 is 29.1. The number of rotatable bonds is 2. The van der Waals surface area contributed by atoms with E-state index >= 15 is 0 Å². The van der Waals surface area contributed by atoms with Gasteiger partial charge in [-0.2, -0.15) is 4.31 Å². The summed E-state index contributed by atoms with van der Waals surface area (Å²) in [6.45, 7) is 2.48. The molecule has 0 N–H and O–H groups in total. The van der Waals surface area contributed by atoms with Gasteiger partial charge < -0.3 is 9.47 Å². The molecule has 1 saturated heterocycles. The topological polar surface area (TPSA) is 62.6 Å². The number of nitrogens with zero attached hydrogens (tertiary/aromatic N) is 3. The second-order valence-electron chi connectivity index (χ2n) is 5.26. The van der Waals surface area contributed by atoms with Crippen molar-refractivity contribution in [2.24, 2.45) is 7.05 Å². The third-order valence-electron chi connectivity index (χ3n) is 3.86. The number of hydrogen-bond acceptors (Lipinski definition) is 5. The minimum Gasteiger partial charge on any atom is -0.304 e. The van der Waals surface area contributed by atoms with Crippen LogP contribution in [0.25, 0.3) is 10.2 Å². The predicted molar refractivity (Wildman–Crippen MR) is 83.3 cm³/mol. The molecule has 1 aliphatic rings. The second kappa shape index (κ2) is 5.20. The monoisotopic (exact) mass is 327 g/mol. The summed E-state index contributed by atoms with van der Waals surface area (Å²) in [7, 11) is 0.195. The van der Waals surface area contributed by atoms with E-state index in [1.807, 2.05) is 7.05 Å². The Kier molecular flexibility index (Phi) is 3.64. The number of hydrogen-bond donors (Lipinski definition) is 0. The van der Waals surface area contributed by atoms with Gasteiger partial charge in [-0.3, -0.25) is 4.79 Å². The Labute approximate surface area is 127 Å². The molecule has 8 heteroatoms. The van der Waals surface area contributed by atoms with E-state index in [4.69, 9.17) is 0 Å². The van der Waals surface area contributed by atoms with Crippen molar-refractivity contribution in [3.05, 3.63) is 27.9 Å². The fourth-order valence-electron chi connectivity index (χ4n) is 2.45. The maximum absolute atomic E-state index is 12.7. The number of aromatic nitrogens is 1. The van der Waals surface area contributed by atoms with Crippen LogP contribution in [0.2, 0.25) is 0 Å². The fourth-order valence-corrected chi connectivity index (χ4v) is 4.89. The van der Waals surface area contributed by atoms with Crippen molar-refractivity contribution in [1.29, 1.82) is 0 Å². The van der Waals surface area contributed by atoms with E-state index < -0.39 is 10.0 Å². The molecule has 3 rings (SSSR count). The first kappa shape index (κ1) is 14.7. The minimum absolute atomic E-state index is 0.0841. The molecule has 2 aromatic rings. The first-order valence-electron chi connectivity index (χ1n) is 6.68. The first-order valence-corrected chi connectivity index (χ1v) is 8.93. The van der Waals surface area contributed by atoms with Crippen molar-refractivity contribution in [3.63, 3.8) is 0 Å². The van der Waals surface area contributed by atoms with Crippen LogP contribution in [0, 0.1) is 0 Å². The highest BCUT2D eigenvalue weighted by Crippen LogP contribution is 2.24. The zero-order valence-electron chi connectivity index (χ0n) is 11.9. The molecular weight excluding hydrogens is 310 g/mol. The third kappa shape index (κ3) is 2.52. The average Bonchev–Trinajstić information content (AvgIpc) is 2.74. The molecular formula is C13H17N3O3S2. The minimum atomic E-state index is -3.48. The molecule has 0 atom stereocenters. The van der Waals surface area contributed by atoms with Crippen molar-refractivity contribution < 1.29 is 8.42 Å². The Morgan fingerprint density at radius 2 is 1.76 bits per heavy atom. The molecule has 0 unspecified atom stereocenters. The van der Waals surface area contributed by atoms with E-state index in [1.165, 1.54) is 8.87 Å². The zero-order chi connectivity index (χ0) is 15.2. The van der Waals surface area contributed by atoms with Gasteiger partial charge in [-0.1, -0.05) is 11.3 Å². The third-order valence-corrected chi connectivity index (χ3v) is 6.75. The smallest absolute Gasteiger partial charge is 0.304 e. The van der Waals surface area contributed by atoms with Gasteiger partial charge in [0.15, 0.2) is 0 Å². The predicted octanol–water partition coefficient (Wildman–Crippen LogP) is 0.536. The Balaban J connectivity index is 2.01. The molecule has 0 bridgehead atoms. The van der Waals surface area contributed by atoms with Crippen LogP contribution < -0.4 is 4.87 Å². The first-order chi connectivity index (χ1) is 9.89. The molecule has 2 heterocycles. The van der Waals surface area contributed by atoms with Crippen LogP contribution in [0.5, 0.6) is 0 Å². The molecule has 0 spiro atoms. The molecule has 21 heavy (non-hydrogen) atoms. The van der Waals surface area contributed by atoms with Gasteiger partial charge in [0.05, 0.1) is 15.1 Å². The van der Waals surface area contributed by atoms with E-state index in [-0.39, 0.29) is 9.77 Å². The SMILES string of the molecule is CN1CCN(S(=O)(=O)c2ccc3c(c2)sc(=O)n3C)CC1. The fraction of sp³-hybridized carbons (Fsp3) is 0.462. The van der Waals surface area contributed by atoms with Crippen LogP contribution in [0.3, 0.4) is 0 Å². The number of thiazole rings is 1. The quantitative estimate of drug-likeness (QED) is 0.807. The maximum atomic E-state index is 12.7. The van der Waals surface area contributed by atoms with Crippen LogP contribution in [0.15, 0.2) is 27.9 Å². The molecule has 1 aliphatic heterocycles. The number of piperazine rings is 1. The van der Waals surface area contributed by atoms with Gasteiger partial charge in [0, 0.05) is 33.2 Å². The number of likely N-dealkylation sites (N-methyl/N-ethyl adjacent to an activating group) is 1. The molecule has 1 aromatic heterocycles. The summed E-state index contributed by atoms with van der Waals surface area (Å²) in [6, 6.07) is 4.90. The summed E-state index contributed by atoms with van der Waals surface area (Å²) in [5.74, 6) is 0. The highest BCUT2D eigenvalue weighted by atomic mass is 32.2. The van der Waals surface area contributed by atoms with Crippen molar-refractivity contribution in [2.75, 3.05) is 33.2 Å². The van der Waals surface area contributed by atoms with Crippen LogP contribution >= 0.6 is 11.3 Å². The van der Waals surface area contributed by atoms with Crippen LogP contribution in [0.4, 0.5) is 0 Å². The standard InChI is InChI=1S/C13H17N3O3S2/c1-14-5-7-16(8-6-14)21(18,19)10-3-4-11-12(9-10)20-13(17)15(11)2/h3-4,9H,5-8H2,1-2H3. The Hall–Kier alpha value is -1.22. The Morgan fingerprint density at radius 3 is 2.43 bits per heavy atom. The van der Waals surface area contributed by atoms with E-state index in [2.05, 4.69) is 4.90 Å². The maximum Gasteiger partial charge on any atom is 0.307 e. The van der Waals surface area contributed by atoms with Crippen LogP contribution in [-0.2, 0) is 17.1 Å². The van der Waals surface area contributed by atoms with Crippen molar-refractivity contribution in [2.45, 2.75) is 4.90 Å². The van der Waals surface area contributed by atoms with E-state index in [1.54, 1.807) is 25.2 Å². The van der Waals surface area contributed by atoms with Gasteiger partial charge >= 0.3 is 4.87 Å². The van der Waals surface area contributed by atoms with Crippen LogP contribution in [-0.4, -0.2) is 55.4 Å². The van der Waals surface area contributed by atoms with Gasteiger partial charge in [0.2, 0.25) is 10.0 Å². The zero-order valence-corrected chi connectivity index (χ0v) is 13.6. The van der Waals surface area contributed by atoms with Gasteiger partial charge in [-0.05, 0) is 25.2 Å². The normalized spacial score (nSPS) is 18.4. The number of benzene rings is 1. The van der Waals surface area contributed by atoms with Gasteiger partial charge in [-0.15, -0.1) is 0 Å². The molecule has 0 aliphatic carbocycles. The number of aryl methyl sites for hydroxylation is 1. The van der Waals surface area contributed by atoms with Gasteiger partial charge in [-0.25, -0.2) is 8.42 Å². The molecule has 6 nitrogen and oxygen atoms in total. The van der Waals surface area contributed by atoms with Gasteiger partial charge in [0.25, 0.3) is 0 Å². The van der Waals surface area contributed by atoms with Crippen molar-refractivity contribution >= 4 is 31.6 Å². The van der Waals surface area contributed by atoms with Crippen molar-refractivity contribution in [1.82, 2.24) is 13.8 Å². The van der Waals surface area contributed by atoms with Crippen LogP contribution in [0.1, 0.15) is 0 Å². The molecule has 0 saturated carbocycles. The molecule has 0 radical (unpaired) electrons. The van der Waals surface area contributed by atoms with E-state index in [0.29, 0.717) is 17.8 Å². The molecule has 1 fully saturated rings. The van der Waals surface area contributed by atoms with Gasteiger partial charge in [0.1, 0.15) is 0 Å². The Morgan fingerprint density at radius 1 is 1.10 bits per heavy atom. The summed E-state index contributed by atoms with van der Waals surface area (Å²) in [5, 5.41) is 0. The summed E-state index contributed by atoms with van der Waals surface area (Å²) in [5.41, 5.74) is 0.766. The number of fused-ring (bicyclic) bond motifs is 1. The molecule has 0 amide bonds. The lowest BCUT2D eigenvalue weighted by Gasteiger charge is -2.31. The summed E-state index contributed by atoms with van der Waals surface area (Å²) >= 11 is 1.07. The highest BCUT2D eigenvalue weighted by molar-refractivity contribution is 7.89. The Bertz CT molecular complexity index is 830. The van der Waals surface area contributed by atoms with E-state index in [0.717, 1.165) is 29.9 Å². The number of sulfonamides is 1. The van der Waals surface area contributed by atoms with Crippen molar-refractivity contribution in [3.8, 4) is 0 Å². The molecule has 114 valence electrons. The lowest BCUT2D eigenvalue weighted by molar-refractivity contribution is 0.222. The summed E-state index contributed by atoms with van der Waals surface area (Å²) in [4.78, 5) is 13.9. The molecule has 1 aromatic carbocycles. The lowest BCUT2D eigenvalue weighted by Crippen LogP contribution is -2.46.